The molecule has 0 amide bonds. The quantitative estimate of drug-likeness (QED) is 0.524. The van der Waals surface area contributed by atoms with Crippen LogP contribution in [-0.4, -0.2) is 6.61 Å². The Kier molecular flexibility index (Phi) is 2.07. The van der Waals surface area contributed by atoms with Crippen molar-refractivity contribution >= 4 is 5.69 Å². The maximum atomic E-state index is 5.84. The van der Waals surface area contributed by atoms with E-state index in [4.69, 9.17) is 10.5 Å². The molecule has 1 aliphatic heterocycles. The molecule has 0 unspecified atom stereocenters. The number of ether oxygens (including phenoxy) is 1. The molecule has 0 spiro atoms. The molecule has 1 aromatic carbocycles. The highest BCUT2D eigenvalue weighted by molar-refractivity contribution is 5.53. The Morgan fingerprint density at radius 3 is 3.15 bits per heavy atom. The number of rotatable bonds is 1. The maximum absolute atomic E-state index is 5.84. The zero-order chi connectivity index (χ0) is 9.26. The minimum atomic E-state index is 0.298. The van der Waals surface area contributed by atoms with E-state index >= 15 is 0 Å². The smallest absolute Gasteiger partial charge is 0.0740 e. The summed E-state index contributed by atoms with van der Waals surface area (Å²) >= 11 is 0. The Labute approximate surface area is 78.0 Å². The second-order valence-corrected chi connectivity index (χ2v) is 3.27. The number of hydrogen-bond donors (Lipinski definition) is 1. The van der Waals surface area contributed by atoms with Gasteiger partial charge in [0.15, 0.2) is 0 Å². The molecule has 0 saturated carbocycles. The lowest BCUT2D eigenvalue weighted by Gasteiger charge is -2.24. The Morgan fingerprint density at radius 2 is 2.38 bits per heavy atom. The standard InChI is InChI=1S/C11H13NO/c1-2-8-6-13-7-10-9(8)4-3-5-11(10)12/h2-5,8H,1,6-7,12H2/t8-/m0/s1. The van der Waals surface area contributed by atoms with Crippen LogP contribution in [0, 0.1) is 0 Å². The van der Waals surface area contributed by atoms with Gasteiger partial charge in [-0.05, 0) is 11.6 Å². The van der Waals surface area contributed by atoms with Gasteiger partial charge in [0.05, 0.1) is 13.2 Å². The molecule has 1 aromatic rings. The summed E-state index contributed by atoms with van der Waals surface area (Å²) in [4.78, 5) is 0. The summed E-state index contributed by atoms with van der Waals surface area (Å²) in [5, 5.41) is 0. The van der Waals surface area contributed by atoms with Crippen LogP contribution in [0.3, 0.4) is 0 Å². The Morgan fingerprint density at radius 1 is 1.54 bits per heavy atom. The van der Waals surface area contributed by atoms with Gasteiger partial charge in [0.25, 0.3) is 0 Å². The third-order valence-corrected chi connectivity index (χ3v) is 2.48. The Hall–Kier alpha value is -1.28. The van der Waals surface area contributed by atoms with Gasteiger partial charge in [0, 0.05) is 17.2 Å². The number of nitrogens with two attached hydrogens (primary N) is 1. The van der Waals surface area contributed by atoms with Gasteiger partial charge in [-0.1, -0.05) is 18.2 Å². The van der Waals surface area contributed by atoms with Crippen LogP contribution in [0.5, 0.6) is 0 Å². The van der Waals surface area contributed by atoms with Gasteiger partial charge in [-0.25, -0.2) is 0 Å². The molecular weight excluding hydrogens is 162 g/mol. The van der Waals surface area contributed by atoms with Gasteiger partial charge >= 0.3 is 0 Å². The van der Waals surface area contributed by atoms with E-state index in [1.165, 1.54) is 5.56 Å². The third-order valence-electron chi connectivity index (χ3n) is 2.48. The lowest BCUT2D eigenvalue weighted by molar-refractivity contribution is 0.101. The van der Waals surface area contributed by atoms with Crippen molar-refractivity contribution in [3.8, 4) is 0 Å². The summed E-state index contributed by atoms with van der Waals surface area (Å²) in [6.45, 7) is 5.15. The molecule has 0 radical (unpaired) electrons. The molecule has 2 nitrogen and oxygen atoms in total. The fourth-order valence-corrected chi connectivity index (χ4v) is 1.71. The molecule has 13 heavy (non-hydrogen) atoms. The van der Waals surface area contributed by atoms with Crippen molar-refractivity contribution in [1.82, 2.24) is 0 Å². The summed E-state index contributed by atoms with van der Waals surface area (Å²) < 4.78 is 5.43. The summed E-state index contributed by atoms with van der Waals surface area (Å²) in [6.07, 6.45) is 1.91. The third kappa shape index (κ3) is 1.33. The van der Waals surface area contributed by atoms with Crippen LogP contribution in [0.25, 0.3) is 0 Å². The normalized spacial score (nSPS) is 20.8. The van der Waals surface area contributed by atoms with Crippen molar-refractivity contribution in [3.63, 3.8) is 0 Å². The monoisotopic (exact) mass is 175 g/mol. The van der Waals surface area contributed by atoms with E-state index in [-0.39, 0.29) is 0 Å². The first-order valence-corrected chi connectivity index (χ1v) is 4.40. The van der Waals surface area contributed by atoms with E-state index < -0.39 is 0 Å². The van der Waals surface area contributed by atoms with Crippen LogP contribution in [-0.2, 0) is 11.3 Å². The van der Waals surface area contributed by atoms with Gasteiger partial charge in [-0.3, -0.25) is 0 Å². The van der Waals surface area contributed by atoms with Crippen molar-refractivity contribution in [2.75, 3.05) is 12.3 Å². The summed E-state index contributed by atoms with van der Waals surface area (Å²) in [7, 11) is 0. The molecule has 2 rings (SSSR count). The minimum Gasteiger partial charge on any atom is -0.398 e. The molecule has 2 heteroatoms. The molecule has 1 aliphatic rings. The van der Waals surface area contributed by atoms with E-state index in [0.717, 1.165) is 17.9 Å². The summed E-state index contributed by atoms with van der Waals surface area (Å²) in [6, 6.07) is 5.99. The van der Waals surface area contributed by atoms with Crippen molar-refractivity contribution in [2.24, 2.45) is 0 Å². The van der Waals surface area contributed by atoms with E-state index in [1.807, 2.05) is 18.2 Å². The SMILES string of the molecule is C=C[C@H]1COCc2c(N)cccc21. The molecule has 1 heterocycles. The first-order valence-electron chi connectivity index (χ1n) is 4.40. The van der Waals surface area contributed by atoms with Crippen molar-refractivity contribution in [1.29, 1.82) is 0 Å². The van der Waals surface area contributed by atoms with Crippen LogP contribution < -0.4 is 5.73 Å². The molecule has 0 aromatic heterocycles. The van der Waals surface area contributed by atoms with Gasteiger partial charge in [-0.15, -0.1) is 6.58 Å². The maximum Gasteiger partial charge on any atom is 0.0740 e. The number of fused-ring (bicyclic) bond motifs is 1. The number of nitrogen functional groups attached to an aromatic ring is 1. The molecule has 0 aliphatic carbocycles. The average Bonchev–Trinajstić information content (AvgIpc) is 2.18. The fourth-order valence-electron chi connectivity index (χ4n) is 1.71. The highest BCUT2D eigenvalue weighted by Gasteiger charge is 2.19. The first-order chi connectivity index (χ1) is 6.33. The largest absolute Gasteiger partial charge is 0.398 e. The number of anilines is 1. The van der Waals surface area contributed by atoms with Crippen LogP contribution in [0.1, 0.15) is 17.0 Å². The van der Waals surface area contributed by atoms with Crippen molar-refractivity contribution in [2.45, 2.75) is 12.5 Å². The van der Waals surface area contributed by atoms with Crippen molar-refractivity contribution < 1.29 is 4.74 Å². The lowest BCUT2D eigenvalue weighted by Crippen LogP contribution is -2.16. The first kappa shape index (κ1) is 8.32. The van der Waals surface area contributed by atoms with Crippen LogP contribution >= 0.6 is 0 Å². The van der Waals surface area contributed by atoms with E-state index in [0.29, 0.717) is 12.5 Å². The van der Waals surface area contributed by atoms with Gasteiger partial charge < -0.3 is 10.5 Å². The predicted molar refractivity (Wildman–Crippen MR) is 53.4 cm³/mol. The molecule has 0 saturated heterocycles. The fraction of sp³-hybridized carbons (Fsp3) is 0.273. The van der Waals surface area contributed by atoms with Gasteiger partial charge in [0.1, 0.15) is 0 Å². The molecule has 68 valence electrons. The second kappa shape index (κ2) is 3.23. The van der Waals surface area contributed by atoms with Gasteiger partial charge in [-0.2, -0.15) is 0 Å². The van der Waals surface area contributed by atoms with Crippen LogP contribution in [0.4, 0.5) is 5.69 Å². The highest BCUT2D eigenvalue weighted by Crippen LogP contribution is 2.30. The van der Waals surface area contributed by atoms with Crippen LogP contribution in [0.2, 0.25) is 0 Å². The predicted octanol–water partition coefficient (Wildman–Crippen LogP) is 2.07. The van der Waals surface area contributed by atoms with E-state index in [9.17, 15) is 0 Å². The summed E-state index contributed by atoms with van der Waals surface area (Å²) in [5.74, 6) is 0.298. The lowest BCUT2D eigenvalue weighted by atomic mass is 9.92. The zero-order valence-corrected chi connectivity index (χ0v) is 7.49. The second-order valence-electron chi connectivity index (χ2n) is 3.27. The minimum absolute atomic E-state index is 0.298. The van der Waals surface area contributed by atoms with E-state index in [1.54, 1.807) is 0 Å². The average molecular weight is 175 g/mol. The molecule has 2 N–H and O–H groups in total. The van der Waals surface area contributed by atoms with Crippen molar-refractivity contribution in [3.05, 3.63) is 42.0 Å². The molecule has 0 bridgehead atoms. The van der Waals surface area contributed by atoms with Gasteiger partial charge in [0.2, 0.25) is 0 Å². The van der Waals surface area contributed by atoms with Crippen LogP contribution in [0.15, 0.2) is 30.9 Å². The molecule has 0 fully saturated rings. The molecule has 1 atom stereocenters. The topological polar surface area (TPSA) is 35.2 Å². The zero-order valence-electron chi connectivity index (χ0n) is 7.49. The number of benzene rings is 1. The Bertz CT molecular complexity index is 333. The summed E-state index contributed by atoms with van der Waals surface area (Å²) in [5.41, 5.74) is 9.06. The van der Waals surface area contributed by atoms with E-state index in [2.05, 4.69) is 12.6 Å². The molecular formula is C11H13NO. The highest BCUT2D eigenvalue weighted by atomic mass is 16.5. The number of hydrogen-bond acceptors (Lipinski definition) is 2. The Balaban J connectivity index is 2.51.